The summed E-state index contributed by atoms with van der Waals surface area (Å²) in [5.41, 5.74) is 2.16. The van der Waals surface area contributed by atoms with Crippen LogP contribution in [0.4, 0.5) is 11.4 Å². The minimum absolute atomic E-state index is 0.0466. The van der Waals surface area contributed by atoms with E-state index in [0.717, 1.165) is 11.1 Å². The van der Waals surface area contributed by atoms with Crippen molar-refractivity contribution in [2.24, 2.45) is 0 Å². The molecule has 0 saturated carbocycles. The first-order valence-electron chi connectivity index (χ1n) is 6.83. The molecule has 2 rings (SSSR count). The summed E-state index contributed by atoms with van der Waals surface area (Å²) in [6.07, 6.45) is 0. The Hall–Kier alpha value is -2.05. The predicted molar refractivity (Wildman–Crippen MR) is 94.1 cm³/mol. The first kappa shape index (κ1) is 17.3. The van der Waals surface area contributed by atoms with Crippen molar-refractivity contribution < 1.29 is 9.72 Å². The lowest BCUT2D eigenvalue weighted by Crippen LogP contribution is -2.15. The number of nitrogens with one attached hydrogen (secondary N) is 1. The number of carbonyl (C=O) groups excluding carboxylic acids is 1. The van der Waals surface area contributed by atoms with Gasteiger partial charge in [0.05, 0.1) is 16.4 Å². The summed E-state index contributed by atoms with van der Waals surface area (Å²) in [5, 5.41) is 14.2. The van der Waals surface area contributed by atoms with Crippen LogP contribution in [0.1, 0.15) is 11.1 Å². The van der Waals surface area contributed by atoms with Gasteiger partial charge in [-0.25, -0.2) is 0 Å². The molecule has 0 unspecified atom stereocenters. The van der Waals surface area contributed by atoms with Gasteiger partial charge in [-0.05, 0) is 24.1 Å². The highest BCUT2D eigenvalue weighted by Crippen LogP contribution is 2.23. The van der Waals surface area contributed by atoms with Gasteiger partial charge >= 0.3 is 0 Å². The number of hydrogen-bond donors (Lipinski definition) is 1. The second-order valence-corrected chi connectivity index (χ2v) is 6.28. The van der Waals surface area contributed by atoms with E-state index in [4.69, 9.17) is 11.6 Å². The fourth-order valence-corrected chi connectivity index (χ4v) is 3.03. The van der Waals surface area contributed by atoms with E-state index in [0.29, 0.717) is 16.5 Å². The molecular weight excluding hydrogens is 336 g/mol. The van der Waals surface area contributed by atoms with Crippen molar-refractivity contribution in [3.63, 3.8) is 0 Å². The third-order valence-corrected chi connectivity index (χ3v) is 4.50. The Morgan fingerprint density at radius 3 is 2.74 bits per heavy atom. The molecule has 7 heteroatoms. The molecule has 0 aliphatic rings. The maximum atomic E-state index is 12.0. The van der Waals surface area contributed by atoms with Gasteiger partial charge in [-0.1, -0.05) is 35.9 Å². The second kappa shape index (κ2) is 7.99. The van der Waals surface area contributed by atoms with E-state index < -0.39 is 4.92 Å². The Bertz CT molecular complexity index is 737. The molecule has 0 fully saturated rings. The molecule has 0 aliphatic carbocycles. The zero-order valence-electron chi connectivity index (χ0n) is 12.4. The summed E-state index contributed by atoms with van der Waals surface area (Å²) in [5.74, 6) is 0.666. The number of nitro benzene ring substituents is 1. The second-order valence-electron chi connectivity index (χ2n) is 4.89. The van der Waals surface area contributed by atoms with Gasteiger partial charge in [-0.15, -0.1) is 11.8 Å². The monoisotopic (exact) mass is 350 g/mol. The van der Waals surface area contributed by atoms with Crippen LogP contribution in [0.15, 0.2) is 42.5 Å². The van der Waals surface area contributed by atoms with Gasteiger partial charge in [0.2, 0.25) is 5.91 Å². The van der Waals surface area contributed by atoms with E-state index in [9.17, 15) is 14.9 Å². The molecule has 2 aromatic rings. The number of aryl methyl sites for hydroxylation is 1. The number of rotatable bonds is 6. The first-order valence-corrected chi connectivity index (χ1v) is 8.36. The summed E-state index contributed by atoms with van der Waals surface area (Å²) in [6, 6.07) is 11.9. The highest BCUT2D eigenvalue weighted by atomic mass is 35.5. The van der Waals surface area contributed by atoms with Gasteiger partial charge in [0.1, 0.15) is 0 Å². The average molecular weight is 351 g/mol. The molecule has 1 amide bonds. The Morgan fingerprint density at radius 1 is 1.30 bits per heavy atom. The predicted octanol–water partition coefficient (Wildman–Crippen LogP) is 4.43. The van der Waals surface area contributed by atoms with E-state index in [1.54, 1.807) is 13.0 Å². The Morgan fingerprint density at radius 2 is 2.04 bits per heavy atom. The van der Waals surface area contributed by atoms with Gasteiger partial charge in [0, 0.05) is 22.9 Å². The molecule has 2 aromatic carbocycles. The fourth-order valence-electron chi connectivity index (χ4n) is 1.91. The number of anilines is 1. The SMILES string of the molecule is Cc1ccc([N+](=O)[O-])cc1NC(=O)CSCc1ccccc1Cl. The number of carbonyl (C=O) groups is 1. The number of nitro groups is 1. The Kier molecular flexibility index (Phi) is 6.01. The summed E-state index contributed by atoms with van der Waals surface area (Å²) in [6.45, 7) is 1.79. The van der Waals surface area contributed by atoms with Crippen LogP contribution in [0.3, 0.4) is 0 Å². The van der Waals surface area contributed by atoms with Crippen molar-refractivity contribution in [1.82, 2.24) is 0 Å². The normalized spacial score (nSPS) is 10.3. The van der Waals surface area contributed by atoms with E-state index in [1.807, 2.05) is 24.3 Å². The molecule has 0 bridgehead atoms. The van der Waals surface area contributed by atoms with Gasteiger partial charge in [-0.3, -0.25) is 14.9 Å². The van der Waals surface area contributed by atoms with Crippen molar-refractivity contribution in [3.8, 4) is 0 Å². The van der Waals surface area contributed by atoms with Crippen LogP contribution in [-0.4, -0.2) is 16.6 Å². The standard InChI is InChI=1S/C16H15ClN2O3S/c1-11-6-7-13(19(21)22)8-15(11)18-16(20)10-23-9-12-4-2-3-5-14(12)17/h2-8H,9-10H2,1H3,(H,18,20). The van der Waals surface area contributed by atoms with Gasteiger partial charge in [-0.2, -0.15) is 0 Å². The molecule has 0 saturated heterocycles. The van der Waals surface area contributed by atoms with Gasteiger partial charge < -0.3 is 5.32 Å². The summed E-state index contributed by atoms with van der Waals surface area (Å²) in [4.78, 5) is 22.3. The van der Waals surface area contributed by atoms with Crippen molar-refractivity contribution in [3.05, 3.63) is 68.7 Å². The molecule has 1 N–H and O–H groups in total. The zero-order chi connectivity index (χ0) is 16.8. The van der Waals surface area contributed by atoms with Gasteiger partial charge in [0.25, 0.3) is 5.69 Å². The highest BCUT2D eigenvalue weighted by Gasteiger charge is 2.11. The van der Waals surface area contributed by atoms with E-state index in [2.05, 4.69) is 5.32 Å². The van der Waals surface area contributed by atoms with Crippen LogP contribution >= 0.6 is 23.4 Å². The number of amides is 1. The number of nitrogens with zero attached hydrogens (tertiary/aromatic N) is 1. The number of non-ortho nitro benzene ring substituents is 1. The van der Waals surface area contributed by atoms with Crippen LogP contribution in [0.2, 0.25) is 5.02 Å². The Labute approximate surface area is 143 Å². The van der Waals surface area contributed by atoms with Crippen LogP contribution < -0.4 is 5.32 Å². The third kappa shape index (κ3) is 4.97. The van der Waals surface area contributed by atoms with Crippen molar-refractivity contribution in [1.29, 1.82) is 0 Å². The molecule has 120 valence electrons. The van der Waals surface area contributed by atoms with Crippen LogP contribution in [-0.2, 0) is 10.5 Å². The van der Waals surface area contributed by atoms with E-state index in [1.165, 1.54) is 23.9 Å². The van der Waals surface area contributed by atoms with E-state index >= 15 is 0 Å². The maximum Gasteiger partial charge on any atom is 0.271 e. The van der Waals surface area contributed by atoms with E-state index in [-0.39, 0.29) is 17.3 Å². The number of hydrogen-bond acceptors (Lipinski definition) is 4. The largest absolute Gasteiger partial charge is 0.325 e. The van der Waals surface area contributed by atoms with Crippen molar-refractivity contribution >= 4 is 40.6 Å². The van der Waals surface area contributed by atoms with Crippen molar-refractivity contribution in [2.45, 2.75) is 12.7 Å². The highest BCUT2D eigenvalue weighted by molar-refractivity contribution is 7.99. The lowest BCUT2D eigenvalue weighted by atomic mass is 10.2. The quantitative estimate of drug-likeness (QED) is 0.618. The topological polar surface area (TPSA) is 72.2 Å². The number of halogens is 1. The van der Waals surface area contributed by atoms with Crippen LogP contribution in [0.25, 0.3) is 0 Å². The molecule has 0 aliphatic heterocycles. The minimum atomic E-state index is -0.485. The minimum Gasteiger partial charge on any atom is -0.325 e. The zero-order valence-corrected chi connectivity index (χ0v) is 14.0. The molecule has 0 spiro atoms. The summed E-state index contributed by atoms with van der Waals surface area (Å²) < 4.78 is 0. The third-order valence-electron chi connectivity index (χ3n) is 3.15. The molecular formula is C16H15ClN2O3S. The van der Waals surface area contributed by atoms with Crippen LogP contribution in [0.5, 0.6) is 0 Å². The number of thioether (sulfide) groups is 1. The molecule has 0 radical (unpaired) electrons. The Balaban J connectivity index is 1.91. The first-order chi connectivity index (χ1) is 11.0. The molecule has 0 aromatic heterocycles. The van der Waals surface area contributed by atoms with Crippen molar-refractivity contribution in [2.75, 3.05) is 11.1 Å². The summed E-state index contributed by atoms with van der Waals surface area (Å²) >= 11 is 7.49. The molecule has 0 heterocycles. The fraction of sp³-hybridized carbons (Fsp3) is 0.188. The summed E-state index contributed by atoms with van der Waals surface area (Å²) in [7, 11) is 0. The number of benzene rings is 2. The average Bonchev–Trinajstić information content (AvgIpc) is 2.51. The molecule has 23 heavy (non-hydrogen) atoms. The smallest absolute Gasteiger partial charge is 0.271 e. The maximum absolute atomic E-state index is 12.0. The van der Waals surface area contributed by atoms with Gasteiger partial charge in [0.15, 0.2) is 0 Å². The lowest BCUT2D eigenvalue weighted by molar-refractivity contribution is -0.384. The molecule has 5 nitrogen and oxygen atoms in total. The lowest BCUT2D eigenvalue weighted by Gasteiger charge is -2.08. The molecule has 0 atom stereocenters. The van der Waals surface area contributed by atoms with Crippen LogP contribution in [0, 0.1) is 17.0 Å².